The van der Waals surface area contributed by atoms with E-state index >= 15 is 0 Å². The third kappa shape index (κ3) is 3.11. The lowest BCUT2D eigenvalue weighted by Gasteiger charge is -2.04. The SMILES string of the molecule is Cc1cccc(OCc2ccc(C(=O)Cl)o2)c1. The predicted molar refractivity (Wildman–Crippen MR) is 64.4 cm³/mol. The second kappa shape index (κ2) is 5.06. The Morgan fingerprint density at radius 2 is 2.18 bits per heavy atom. The summed E-state index contributed by atoms with van der Waals surface area (Å²) in [4.78, 5) is 10.8. The second-order valence-corrected chi connectivity index (χ2v) is 3.99. The van der Waals surface area contributed by atoms with Gasteiger partial charge in [0.15, 0.2) is 5.76 Å². The summed E-state index contributed by atoms with van der Waals surface area (Å²) >= 11 is 5.28. The van der Waals surface area contributed by atoms with Crippen LogP contribution in [0.2, 0.25) is 0 Å². The van der Waals surface area contributed by atoms with E-state index in [0.717, 1.165) is 11.3 Å². The average molecular weight is 251 g/mol. The minimum Gasteiger partial charge on any atom is -0.486 e. The van der Waals surface area contributed by atoms with E-state index in [0.29, 0.717) is 5.76 Å². The van der Waals surface area contributed by atoms with Gasteiger partial charge in [-0.05, 0) is 48.4 Å². The minimum absolute atomic E-state index is 0.134. The van der Waals surface area contributed by atoms with Crippen LogP contribution < -0.4 is 4.74 Å². The maximum Gasteiger partial charge on any atom is 0.287 e. The molecule has 1 aromatic heterocycles. The van der Waals surface area contributed by atoms with Gasteiger partial charge in [-0.1, -0.05) is 12.1 Å². The molecular weight excluding hydrogens is 240 g/mol. The van der Waals surface area contributed by atoms with Crippen molar-refractivity contribution in [2.75, 3.05) is 0 Å². The predicted octanol–water partition coefficient (Wildman–Crippen LogP) is 3.55. The van der Waals surface area contributed by atoms with E-state index in [1.54, 1.807) is 6.07 Å². The number of hydrogen-bond acceptors (Lipinski definition) is 3. The third-order valence-corrected chi connectivity index (χ3v) is 2.41. The van der Waals surface area contributed by atoms with E-state index in [2.05, 4.69) is 0 Å². The zero-order valence-corrected chi connectivity index (χ0v) is 10.0. The second-order valence-electron chi connectivity index (χ2n) is 3.64. The molecule has 17 heavy (non-hydrogen) atoms. The van der Waals surface area contributed by atoms with Crippen molar-refractivity contribution >= 4 is 16.8 Å². The maximum atomic E-state index is 10.8. The maximum absolute atomic E-state index is 10.8. The van der Waals surface area contributed by atoms with Crippen molar-refractivity contribution < 1.29 is 13.9 Å². The Morgan fingerprint density at radius 1 is 1.35 bits per heavy atom. The van der Waals surface area contributed by atoms with Gasteiger partial charge in [-0.15, -0.1) is 0 Å². The molecule has 0 amide bonds. The fraction of sp³-hybridized carbons (Fsp3) is 0.154. The van der Waals surface area contributed by atoms with Crippen LogP contribution in [-0.4, -0.2) is 5.24 Å². The van der Waals surface area contributed by atoms with Gasteiger partial charge in [-0.2, -0.15) is 0 Å². The molecule has 0 atom stereocenters. The standard InChI is InChI=1S/C13H11ClO3/c1-9-3-2-4-10(7-9)16-8-11-5-6-12(17-11)13(14)15/h2-7H,8H2,1H3. The Hall–Kier alpha value is -1.74. The van der Waals surface area contributed by atoms with Gasteiger partial charge in [0, 0.05) is 0 Å². The van der Waals surface area contributed by atoms with Crippen LogP contribution in [0, 0.1) is 6.92 Å². The molecule has 0 radical (unpaired) electrons. The monoisotopic (exact) mass is 250 g/mol. The fourth-order valence-electron chi connectivity index (χ4n) is 1.42. The van der Waals surface area contributed by atoms with Crippen molar-refractivity contribution in [2.45, 2.75) is 13.5 Å². The van der Waals surface area contributed by atoms with Crippen molar-refractivity contribution in [1.29, 1.82) is 0 Å². The number of rotatable bonds is 4. The van der Waals surface area contributed by atoms with E-state index in [9.17, 15) is 4.79 Å². The molecule has 0 aliphatic carbocycles. The molecule has 0 spiro atoms. The summed E-state index contributed by atoms with van der Waals surface area (Å²) in [7, 11) is 0. The fourth-order valence-corrected chi connectivity index (χ4v) is 1.52. The molecule has 1 aromatic carbocycles. The lowest BCUT2D eigenvalue weighted by Crippen LogP contribution is -1.94. The molecule has 0 aliphatic rings. The molecule has 0 aliphatic heterocycles. The molecule has 0 saturated carbocycles. The Balaban J connectivity index is 2.00. The number of furan rings is 1. The first kappa shape index (κ1) is 11.7. The van der Waals surface area contributed by atoms with Gasteiger partial charge in [0.25, 0.3) is 5.24 Å². The summed E-state index contributed by atoms with van der Waals surface area (Å²) < 4.78 is 10.7. The topological polar surface area (TPSA) is 39.4 Å². The Labute approximate surface area is 104 Å². The number of ether oxygens (including phenoxy) is 1. The molecule has 0 unspecified atom stereocenters. The van der Waals surface area contributed by atoms with Crippen molar-refractivity contribution in [1.82, 2.24) is 0 Å². The van der Waals surface area contributed by atoms with Gasteiger partial charge >= 0.3 is 0 Å². The van der Waals surface area contributed by atoms with Crippen molar-refractivity contribution in [3.8, 4) is 5.75 Å². The molecule has 2 rings (SSSR count). The lowest BCUT2D eigenvalue weighted by atomic mass is 10.2. The minimum atomic E-state index is -0.605. The Morgan fingerprint density at radius 3 is 2.82 bits per heavy atom. The van der Waals surface area contributed by atoms with Crippen LogP contribution in [0.25, 0.3) is 0 Å². The summed E-state index contributed by atoms with van der Waals surface area (Å²) in [5.74, 6) is 1.46. The van der Waals surface area contributed by atoms with E-state index in [1.807, 2.05) is 31.2 Å². The zero-order chi connectivity index (χ0) is 12.3. The van der Waals surface area contributed by atoms with Crippen molar-refractivity contribution in [2.24, 2.45) is 0 Å². The molecule has 0 N–H and O–H groups in total. The van der Waals surface area contributed by atoms with Crippen LogP contribution in [-0.2, 0) is 6.61 Å². The van der Waals surface area contributed by atoms with Gasteiger partial charge in [0.2, 0.25) is 0 Å². The highest BCUT2D eigenvalue weighted by molar-refractivity contribution is 6.67. The molecule has 88 valence electrons. The van der Waals surface area contributed by atoms with Crippen molar-refractivity contribution in [3.63, 3.8) is 0 Å². The van der Waals surface area contributed by atoms with Crippen LogP contribution in [0.5, 0.6) is 5.75 Å². The molecule has 1 heterocycles. The summed E-state index contributed by atoms with van der Waals surface area (Å²) in [6.07, 6.45) is 0. The summed E-state index contributed by atoms with van der Waals surface area (Å²) in [5.41, 5.74) is 1.12. The van der Waals surface area contributed by atoms with Gasteiger partial charge in [0.05, 0.1) is 0 Å². The zero-order valence-electron chi connectivity index (χ0n) is 9.27. The lowest BCUT2D eigenvalue weighted by molar-refractivity contribution is 0.105. The van der Waals surface area contributed by atoms with E-state index in [4.69, 9.17) is 20.8 Å². The van der Waals surface area contributed by atoms with Gasteiger partial charge in [0.1, 0.15) is 18.1 Å². The molecule has 2 aromatic rings. The van der Waals surface area contributed by atoms with E-state index in [1.165, 1.54) is 6.07 Å². The average Bonchev–Trinajstić information content (AvgIpc) is 2.75. The summed E-state index contributed by atoms with van der Waals surface area (Å²) in [6.45, 7) is 2.26. The van der Waals surface area contributed by atoms with Crippen LogP contribution in [0.4, 0.5) is 0 Å². The van der Waals surface area contributed by atoms with Crippen molar-refractivity contribution in [3.05, 3.63) is 53.5 Å². The van der Waals surface area contributed by atoms with Crippen LogP contribution >= 0.6 is 11.6 Å². The molecule has 0 saturated heterocycles. The van der Waals surface area contributed by atoms with Crippen LogP contribution in [0.3, 0.4) is 0 Å². The Bertz CT molecular complexity index is 531. The quantitative estimate of drug-likeness (QED) is 0.779. The van der Waals surface area contributed by atoms with Crippen LogP contribution in [0.1, 0.15) is 21.9 Å². The van der Waals surface area contributed by atoms with Gasteiger partial charge in [-0.25, -0.2) is 0 Å². The summed E-state index contributed by atoms with van der Waals surface area (Å²) in [5, 5.41) is -0.605. The highest BCUT2D eigenvalue weighted by Crippen LogP contribution is 2.16. The molecule has 4 heteroatoms. The number of halogens is 1. The number of carbonyl (C=O) groups is 1. The molecular formula is C13H11ClO3. The molecule has 0 fully saturated rings. The first-order valence-electron chi connectivity index (χ1n) is 5.13. The third-order valence-electron chi connectivity index (χ3n) is 2.23. The number of benzene rings is 1. The largest absolute Gasteiger partial charge is 0.486 e. The molecule has 0 bridgehead atoms. The van der Waals surface area contributed by atoms with Crippen LogP contribution in [0.15, 0.2) is 40.8 Å². The summed E-state index contributed by atoms with van der Waals surface area (Å²) in [6, 6.07) is 10.9. The van der Waals surface area contributed by atoms with Gasteiger partial charge < -0.3 is 9.15 Å². The smallest absolute Gasteiger partial charge is 0.287 e. The number of hydrogen-bond donors (Lipinski definition) is 0. The Kier molecular flexibility index (Phi) is 3.49. The molecule has 3 nitrogen and oxygen atoms in total. The first-order valence-corrected chi connectivity index (χ1v) is 5.51. The number of carbonyl (C=O) groups excluding carboxylic acids is 1. The normalized spacial score (nSPS) is 10.2. The number of aryl methyl sites for hydroxylation is 1. The van der Waals surface area contributed by atoms with E-state index in [-0.39, 0.29) is 12.4 Å². The highest BCUT2D eigenvalue weighted by atomic mass is 35.5. The highest BCUT2D eigenvalue weighted by Gasteiger charge is 2.08. The first-order chi connectivity index (χ1) is 8.15. The van der Waals surface area contributed by atoms with E-state index < -0.39 is 5.24 Å². The van der Waals surface area contributed by atoms with Gasteiger partial charge in [-0.3, -0.25) is 4.79 Å².